The van der Waals surface area contributed by atoms with E-state index in [9.17, 15) is 0 Å². The van der Waals surface area contributed by atoms with E-state index in [-0.39, 0.29) is 0 Å². The molecule has 1 atom stereocenters. The standard InChI is InChI=1S/C19H25N3O/c1-15-4-3-9-22(14-15)19-18-16(7-8-20-19)5-2-6-17(18)21-10-12-23-13-11-21/h2,5-8,15H,3-4,9-14H2,1H3. The van der Waals surface area contributed by atoms with E-state index in [1.807, 2.05) is 6.20 Å². The van der Waals surface area contributed by atoms with Crippen LogP contribution in [0.15, 0.2) is 30.5 Å². The summed E-state index contributed by atoms with van der Waals surface area (Å²) in [5.41, 5.74) is 1.31. The Bertz CT molecular complexity index is 676. The molecule has 1 aromatic carbocycles. The van der Waals surface area contributed by atoms with Gasteiger partial charge < -0.3 is 14.5 Å². The van der Waals surface area contributed by atoms with E-state index in [1.165, 1.54) is 29.3 Å². The second kappa shape index (κ2) is 6.36. The van der Waals surface area contributed by atoms with Crippen LogP contribution in [0, 0.1) is 5.92 Å². The van der Waals surface area contributed by atoms with Gasteiger partial charge in [0.2, 0.25) is 0 Å². The van der Waals surface area contributed by atoms with E-state index in [2.05, 4.69) is 41.0 Å². The van der Waals surface area contributed by atoms with E-state index >= 15 is 0 Å². The second-order valence-corrected chi connectivity index (χ2v) is 6.80. The highest BCUT2D eigenvalue weighted by Crippen LogP contribution is 2.35. The fraction of sp³-hybridized carbons (Fsp3) is 0.526. The Morgan fingerprint density at radius 1 is 1.09 bits per heavy atom. The van der Waals surface area contributed by atoms with Crippen LogP contribution in [-0.4, -0.2) is 44.4 Å². The van der Waals surface area contributed by atoms with Gasteiger partial charge in [-0.15, -0.1) is 0 Å². The number of benzene rings is 1. The molecular weight excluding hydrogens is 286 g/mol. The maximum absolute atomic E-state index is 5.53. The summed E-state index contributed by atoms with van der Waals surface area (Å²) >= 11 is 0. The summed E-state index contributed by atoms with van der Waals surface area (Å²) in [6.45, 7) is 8.13. The van der Waals surface area contributed by atoms with Crippen molar-refractivity contribution in [3.8, 4) is 0 Å². The first kappa shape index (κ1) is 14.8. The highest BCUT2D eigenvalue weighted by atomic mass is 16.5. The van der Waals surface area contributed by atoms with E-state index < -0.39 is 0 Å². The normalized spacial score (nSPS) is 22.6. The van der Waals surface area contributed by atoms with E-state index in [0.29, 0.717) is 0 Å². The molecule has 2 aliphatic heterocycles. The molecule has 0 bridgehead atoms. The van der Waals surface area contributed by atoms with Crippen LogP contribution in [0.1, 0.15) is 19.8 Å². The van der Waals surface area contributed by atoms with Gasteiger partial charge in [-0.3, -0.25) is 0 Å². The summed E-state index contributed by atoms with van der Waals surface area (Å²) in [6.07, 6.45) is 4.55. The fourth-order valence-electron chi connectivity index (χ4n) is 3.88. The second-order valence-electron chi connectivity index (χ2n) is 6.80. The monoisotopic (exact) mass is 311 g/mol. The number of fused-ring (bicyclic) bond motifs is 1. The molecule has 0 amide bonds. The van der Waals surface area contributed by atoms with Gasteiger partial charge in [-0.05, 0) is 36.3 Å². The maximum atomic E-state index is 5.53. The van der Waals surface area contributed by atoms with Crippen LogP contribution in [-0.2, 0) is 4.74 Å². The molecule has 0 radical (unpaired) electrons. The first-order valence-electron chi connectivity index (χ1n) is 8.78. The lowest BCUT2D eigenvalue weighted by Crippen LogP contribution is -2.37. The zero-order valence-corrected chi connectivity index (χ0v) is 13.9. The number of nitrogens with zero attached hydrogens (tertiary/aromatic N) is 3. The minimum absolute atomic E-state index is 0.747. The van der Waals surface area contributed by atoms with Crippen LogP contribution in [0.3, 0.4) is 0 Å². The van der Waals surface area contributed by atoms with E-state index in [1.54, 1.807) is 0 Å². The van der Waals surface area contributed by atoms with Crippen molar-refractivity contribution < 1.29 is 4.74 Å². The SMILES string of the molecule is CC1CCCN(c2nccc3cccc(N4CCOCC4)c23)C1. The van der Waals surface area contributed by atoms with Crippen molar-refractivity contribution in [2.75, 3.05) is 49.2 Å². The molecular formula is C19H25N3O. The van der Waals surface area contributed by atoms with Gasteiger partial charge in [0.1, 0.15) is 5.82 Å². The topological polar surface area (TPSA) is 28.6 Å². The molecule has 0 aliphatic carbocycles. The molecule has 4 nitrogen and oxygen atoms in total. The van der Waals surface area contributed by atoms with Crippen molar-refractivity contribution in [1.29, 1.82) is 0 Å². The summed E-state index contributed by atoms with van der Waals surface area (Å²) < 4.78 is 5.53. The Morgan fingerprint density at radius 2 is 1.96 bits per heavy atom. The molecule has 2 saturated heterocycles. The number of morpholine rings is 1. The summed E-state index contributed by atoms with van der Waals surface area (Å²) in [7, 11) is 0. The molecule has 0 spiro atoms. The molecule has 4 rings (SSSR count). The molecule has 3 heterocycles. The third-order valence-corrected chi connectivity index (χ3v) is 5.06. The molecule has 0 N–H and O–H groups in total. The Hall–Kier alpha value is -1.81. The number of hydrogen-bond acceptors (Lipinski definition) is 4. The number of rotatable bonds is 2. The Labute approximate surface area is 138 Å². The van der Waals surface area contributed by atoms with Crippen molar-refractivity contribution in [1.82, 2.24) is 4.98 Å². The largest absolute Gasteiger partial charge is 0.378 e. The van der Waals surface area contributed by atoms with Crippen molar-refractivity contribution in [2.45, 2.75) is 19.8 Å². The third-order valence-electron chi connectivity index (χ3n) is 5.06. The highest BCUT2D eigenvalue weighted by Gasteiger charge is 2.22. The van der Waals surface area contributed by atoms with Gasteiger partial charge in [-0.1, -0.05) is 19.1 Å². The molecule has 1 unspecified atom stereocenters. The Balaban J connectivity index is 1.80. The zero-order valence-electron chi connectivity index (χ0n) is 13.9. The summed E-state index contributed by atoms with van der Waals surface area (Å²) in [4.78, 5) is 9.72. The number of ether oxygens (including phenoxy) is 1. The van der Waals surface area contributed by atoms with Gasteiger partial charge in [0.05, 0.1) is 13.2 Å². The van der Waals surface area contributed by atoms with Gasteiger partial charge in [-0.2, -0.15) is 0 Å². The molecule has 0 saturated carbocycles. The van der Waals surface area contributed by atoms with Crippen LogP contribution in [0.2, 0.25) is 0 Å². The molecule has 122 valence electrons. The van der Waals surface area contributed by atoms with Crippen LogP contribution in [0.25, 0.3) is 10.8 Å². The van der Waals surface area contributed by atoms with Crippen LogP contribution < -0.4 is 9.80 Å². The summed E-state index contributed by atoms with van der Waals surface area (Å²) in [6, 6.07) is 8.75. The van der Waals surface area contributed by atoms with Gasteiger partial charge in [0.15, 0.2) is 0 Å². The van der Waals surface area contributed by atoms with Gasteiger partial charge in [-0.25, -0.2) is 4.98 Å². The highest BCUT2D eigenvalue weighted by molar-refractivity contribution is 6.02. The molecule has 23 heavy (non-hydrogen) atoms. The van der Waals surface area contributed by atoms with Crippen LogP contribution in [0.4, 0.5) is 11.5 Å². The van der Waals surface area contributed by atoms with Crippen molar-refractivity contribution in [3.05, 3.63) is 30.5 Å². The quantitative estimate of drug-likeness (QED) is 0.851. The summed E-state index contributed by atoms with van der Waals surface area (Å²) in [5, 5.41) is 2.60. The minimum atomic E-state index is 0.747. The average molecular weight is 311 g/mol. The maximum Gasteiger partial charge on any atom is 0.138 e. The Morgan fingerprint density at radius 3 is 2.78 bits per heavy atom. The van der Waals surface area contributed by atoms with E-state index in [0.717, 1.165) is 51.1 Å². The van der Waals surface area contributed by atoms with E-state index in [4.69, 9.17) is 9.72 Å². The van der Waals surface area contributed by atoms with Crippen molar-refractivity contribution in [3.63, 3.8) is 0 Å². The average Bonchev–Trinajstić information content (AvgIpc) is 2.61. The number of hydrogen-bond donors (Lipinski definition) is 0. The first-order valence-corrected chi connectivity index (χ1v) is 8.78. The summed E-state index contributed by atoms with van der Waals surface area (Å²) in [5.74, 6) is 1.91. The number of pyridine rings is 1. The number of anilines is 2. The van der Waals surface area contributed by atoms with Gasteiger partial charge in [0.25, 0.3) is 0 Å². The first-order chi connectivity index (χ1) is 11.3. The molecule has 4 heteroatoms. The van der Waals surface area contributed by atoms with Crippen molar-refractivity contribution in [2.24, 2.45) is 5.92 Å². The lowest BCUT2D eigenvalue weighted by atomic mass is 9.99. The predicted molar refractivity (Wildman–Crippen MR) is 95.4 cm³/mol. The Kier molecular flexibility index (Phi) is 4.08. The fourth-order valence-corrected chi connectivity index (χ4v) is 3.88. The minimum Gasteiger partial charge on any atom is -0.378 e. The third kappa shape index (κ3) is 2.88. The van der Waals surface area contributed by atoms with Crippen LogP contribution >= 0.6 is 0 Å². The number of piperidine rings is 1. The molecule has 1 aromatic heterocycles. The van der Waals surface area contributed by atoms with Gasteiger partial charge in [0, 0.05) is 43.4 Å². The van der Waals surface area contributed by atoms with Crippen molar-refractivity contribution >= 4 is 22.3 Å². The van der Waals surface area contributed by atoms with Gasteiger partial charge >= 0.3 is 0 Å². The predicted octanol–water partition coefficient (Wildman–Crippen LogP) is 3.31. The lowest BCUT2D eigenvalue weighted by molar-refractivity contribution is 0.123. The van der Waals surface area contributed by atoms with Crippen LogP contribution in [0.5, 0.6) is 0 Å². The smallest absolute Gasteiger partial charge is 0.138 e. The molecule has 2 aromatic rings. The lowest BCUT2D eigenvalue weighted by Gasteiger charge is -2.35. The number of aromatic nitrogens is 1. The molecule has 2 fully saturated rings. The zero-order chi connectivity index (χ0) is 15.6. The molecule has 2 aliphatic rings.